The number of piperidine rings is 1. The fraction of sp³-hybridized carbons (Fsp3) is 0.600. The van der Waals surface area contributed by atoms with Crippen LogP contribution in [0.4, 0.5) is 5.82 Å². The zero-order valence-corrected chi connectivity index (χ0v) is 8.24. The van der Waals surface area contributed by atoms with Crippen LogP contribution in [-0.4, -0.2) is 29.6 Å². The van der Waals surface area contributed by atoms with E-state index in [9.17, 15) is 0 Å². The molecule has 4 nitrogen and oxygen atoms in total. The summed E-state index contributed by atoms with van der Waals surface area (Å²) in [5.41, 5.74) is 0. The number of hydrogen-bond donors (Lipinski definition) is 2. The van der Waals surface area contributed by atoms with E-state index in [4.69, 9.17) is 0 Å². The number of nitrogens with one attached hydrogen (secondary N) is 2. The second-order valence-corrected chi connectivity index (χ2v) is 3.69. The van der Waals surface area contributed by atoms with Gasteiger partial charge < -0.3 is 10.6 Å². The molecule has 1 atom stereocenters. The maximum atomic E-state index is 4.12. The Hall–Kier alpha value is -1.16. The molecule has 0 radical (unpaired) electrons. The van der Waals surface area contributed by atoms with Crippen molar-refractivity contribution in [3.8, 4) is 0 Å². The van der Waals surface area contributed by atoms with Gasteiger partial charge in [0.2, 0.25) is 0 Å². The Kier molecular flexibility index (Phi) is 3.29. The molecule has 1 aliphatic rings. The van der Waals surface area contributed by atoms with E-state index < -0.39 is 0 Å². The topological polar surface area (TPSA) is 49.8 Å². The van der Waals surface area contributed by atoms with Crippen molar-refractivity contribution in [1.82, 2.24) is 15.3 Å². The summed E-state index contributed by atoms with van der Waals surface area (Å²) in [7, 11) is 0. The minimum absolute atomic E-state index is 0.735. The van der Waals surface area contributed by atoms with Crippen LogP contribution in [0.2, 0.25) is 0 Å². The lowest BCUT2D eigenvalue weighted by atomic mass is 10.00. The second-order valence-electron chi connectivity index (χ2n) is 3.69. The molecule has 1 aromatic rings. The predicted molar refractivity (Wildman–Crippen MR) is 56.1 cm³/mol. The van der Waals surface area contributed by atoms with Gasteiger partial charge in [-0.3, -0.25) is 0 Å². The lowest BCUT2D eigenvalue weighted by Gasteiger charge is -2.22. The fourth-order valence-electron chi connectivity index (χ4n) is 1.74. The standard InChI is InChI=1S/C10H16N4/c1-2-9(6-11-4-1)7-13-10-3-5-12-8-14-10/h3,5,8-9,11H,1-2,4,6-7H2,(H,12,13,14). The minimum atomic E-state index is 0.735. The Bertz CT molecular complexity index is 256. The van der Waals surface area contributed by atoms with Crippen LogP contribution < -0.4 is 10.6 Å². The summed E-state index contributed by atoms with van der Waals surface area (Å²) in [6.07, 6.45) is 5.93. The van der Waals surface area contributed by atoms with Gasteiger partial charge in [0, 0.05) is 12.7 Å². The van der Waals surface area contributed by atoms with Gasteiger partial charge in [0.15, 0.2) is 0 Å². The minimum Gasteiger partial charge on any atom is -0.370 e. The van der Waals surface area contributed by atoms with Crippen LogP contribution in [0.15, 0.2) is 18.6 Å². The molecule has 2 rings (SSSR count). The zero-order chi connectivity index (χ0) is 9.64. The Morgan fingerprint density at radius 3 is 3.29 bits per heavy atom. The van der Waals surface area contributed by atoms with Gasteiger partial charge in [-0.15, -0.1) is 0 Å². The van der Waals surface area contributed by atoms with E-state index in [2.05, 4.69) is 20.6 Å². The first-order chi connectivity index (χ1) is 6.95. The van der Waals surface area contributed by atoms with Gasteiger partial charge in [0.25, 0.3) is 0 Å². The monoisotopic (exact) mass is 192 g/mol. The van der Waals surface area contributed by atoms with E-state index in [-0.39, 0.29) is 0 Å². The second kappa shape index (κ2) is 4.91. The third-order valence-electron chi connectivity index (χ3n) is 2.55. The van der Waals surface area contributed by atoms with Crippen LogP contribution in [0.3, 0.4) is 0 Å². The van der Waals surface area contributed by atoms with Crippen LogP contribution in [0, 0.1) is 5.92 Å². The fourth-order valence-corrected chi connectivity index (χ4v) is 1.74. The van der Waals surface area contributed by atoms with Crippen LogP contribution in [0.5, 0.6) is 0 Å². The van der Waals surface area contributed by atoms with Gasteiger partial charge in [0.05, 0.1) is 0 Å². The molecular formula is C10H16N4. The Morgan fingerprint density at radius 2 is 2.57 bits per heavy atom. The number of anilines is 1. The van der Waals surface area contributed by atoms with Gasteiger partial charge in [-0.1, -0.05) is 0 Å². The molecule has 76 valence electrons. The van der Waals surface area contributed by atoms with Gasteiger partial charge in [0.1, 0.15) is 12.1 Å². The molecule has 4 heteroatoms. The van der Waals surface area contributed by atoms with Crippen molar-refractivity contribution in [3.05, 3.63) is 18.6 Å². The molecule has 1 aromatic heterocycles. The van der Waals surface area contributed by atoms with Gasteiger partial charge >= 0.3 is 0 Å². The molecule has 0 aromatic carbocycles. The van der Waals surface area contributed by atoms with Gasteiger partial charge in [-0.25, -0.2) is 9.97 Å². The molecule has 0 spiro atoms. The van der Waals surface area contributed by atoms with Crippen molar-refractivity contribution in [2.75, 3.05) is 25.0 Å². The summed E-state index contributed by atoms with van der Waals surface area (Å²) in [5.74, 6) is 1.66. The first-order valence-corrected chi connectivity index (χ1v) is 5.16. The Morgan fingerprint density at radius 1 is 1.57 bits per heavy atom. The maximum absolute atomic E-state index is 4.12. The highest BCUT2D eigenvalue weighted by Crippen LogP contribution is 2.10. The number of aromatic nitrogens is 2. The average Bonchev–Trinajstić information content (AvgIpc) is 2.29. The highest BCUT2D eigenvalue weighted by Gasteiger charge is 2.12. The van der Waals surface area contributed by atoms with Crippen molar-refractivity contribution in [2.24, 2.45) is 5.92 Å². The summed E-state index contributed by atoms with van der Waals surface area (Å²) >= 11 is 0. The highest BCUT2D eigenvalue weighted by atomic mass is 15.0. The summed E-state index contributed by atoms with van der Waals surface area (Å²) in [5, 5.41) is 6.72. The first-order valence-electron chi connectivity index (χ1n) is 5.16. The molecule has 0 saturated carbocycles. The maximum Gasteiger partial charge on any atom is 0.129 e. The first kappa shape index (κ1) is 9.40. The Labute approximate surface area is 84.2 Å². The lowest BCUT2D eigenvalue weighted by molar-refractivity contribution is 0.392. The average molecular weight is 192 g/mol. The Balaban J connectivity index is 1.76. The van der Waals surface area contributed by atoms with E-state index >= 15 is 0 Å². The lowest BCUT2D eigenvalue weighted by Crippen LogP contribution is -2.33. The molecule has 14 heavy (non-hydrogen) atoms. The normalized spacial score (nSPS) is 21.9. The van der Waals surface area contributed by atoms with Crippen LogP contribution >= 0.6 is 0 Å². The van der Waals surface area contributed by atoms with Crippen LogP contribution in [0.25, 0.3) is 0 Å². The van der Waals surface area contributed by atoms with Crippen molar-refractivity contribution in [2.45, 2.75) is 12.8 Å². The molecule has 0 aliphatic carbocycles. The molecule has 2 heterocycles. The molecule has 2 N–H and O–H groups in total. The molecule has 0 amide bonds. The van der Waals surface area contributed by atoms with E-state index in [1.807, 2.05) is 6.07 Å². The summed E-state index contributed by atoms with van der Waals surface area (Å²) in [4.78, 5) is 8.00. The predicted octanol–water partition coefficient (Wildman–Crippen LogP) is 0.888. The highest BCUT2D eigenvalue weighted by molar-refractivity contribution is 5.31. The van der Waals surface area contributed by atoms with Crippen LogP contribution in [0.1, 0.15) is 12.8 Å². The number of hydrogen-bond acceptors (Lipinski definition) is 4. The third-order valence-corrected chi connectivity index (χ3v) is 2.55. The quantitative estimate of drug-likeness (QED) is 0.746. The smallest absolute Gasteiger partial charge is 0.129 e. The van der Waals surface area contributed by atoms with E-state index in [0.29, 0.717) is 0 Å². The number of rotatable bonds is 3. The van der Waals surface area contributed by atoms with E-state index in [1.165, 1.54) is 19.4 Å². The van der Waals surface area contributed by atoms with E-state index in [1.54, 1.807) is 12.5 Å². The van der Waals surface area contributed by atoms with Crippen molar-refractivity contribution in [1.29, 1.82) is 0 Å². The molecule has 1 fully saturated rings. The third kappa shape index (κ3) is 2.67. The summed E-state index contributed by atoms with van der Waals surface area (Å²) < 4.78 is 0. The van der Waals surface area contributed by atoms with E-state index in [0.717, 1.165) is 24.8 Å². The number of nitrogens with zero attached hydrogens (tertiary/aromatic N) is 2. The molecule has 1 aliphatic heterocycles. The van der Waals surface area contributed by atoms with Gasteiger partial charge in [-0.05, 0) is 37.9 Å². The summed E-state index contributed by atoms with van der Waals surface area (Å²) in [6, 6.07) is 1.90. The molecule has 1 unspecified atom stereocenters. The van der Waals surface area contributed by atoms with Crippen LogP contribution in [-0.2, 0) is 0 Å². The van der Waals surface area contributed by atoms with Crippen molar-refractivity contribution >= 4 is 5.82 Å². The SMILES string of the molecule is c1cc(NCC2CCCNC2)ncn1. The summed E-state index contributed by atoms with van der Waals surface area (Å²) in [6.45, 7) is 3.30. The van der Waals surface area contributed by atoms with Gasteiger partial charge in [-0.2, -0.15) is 0 Å². The molecule has 1 saturated heterocycles. The van der Waals surface area contributed by atoms with Crippen molar-refractivity contribution in [3.63, 3.8) is 0 Å². The zero-order valence-electron chi connectivity index (χ0n) is 8.24. The molecular weight excluding hydrogens is 176 g/mol. The molecule has 0 bridgehead atoms. The largest absolute Gasteiger partial charge is 0.370 e. The van der Waals surface area contributed by atoms with Crippen molar-refractivity contribution < 1.29 is 0 Å².